The Morgan fingerprint density at radius 2 is 2.24 bits per heavy atom. The van der Waals surface area contributed by atoms with E-state index in [9.17, 15) is 5.11 Å². The number of rotatable bonds is 3. The van der Waals surface area contributed by atoms with Crippen LogP contribution < -0.4 is 0 Å². The number of hydrogen-bond donors (Lipinski definition) is 1. The molecule has 0 unspecified atom stereocenters. The zero-order chi connectivity index (χ0) is 12.3. The molecule has 2 atom stereocenters. The molecule has 0 saturated carbocycles. The molecule has 0 spiro atoms. The van der Waals surface area contributed by atoms with Crippen LogP contribution in [0, 0.1) is 5.92 Å². The quantitative estimate of drug-likeness (QED) is 0.870. The Morgan fingerprint density at radius 1 is 1.41 bits per heavy atom. The van der Waals surface area contributed by atoms with Crippen molar-refractivity contribution < 1.29 is 9.84 Å². The van der Waals surface area contributed by atoms with E-state index in [0.717, 1.165) is 26.2 Å². The molecule has 0 aromatic heterocycles. The van der Waals surface area contributed by atoms with Crippen molar-refractivity contribution in [2.24, 2.45) is 5.92 Å². The van der Waals surface area contributed by atoms with Crippen LogP contribution in [0.15, 0.2) is 24.3 Å². The van der Waals surface area contributed by atoms with Crippen molar-refractivity contribution in [3.8, 4) is 5.75 Å². The summed E-state index contributed by atoms with van der Waals surface area (Å²) in [4.78, 5) is 2.20. The van der Waals surface area contributed by atoms with E-state index >= 15 is 0 Å². The van der Waals surface area contributed by atoms with Gasteiger partial charge in [-0.3, -0.25) is 0 Å². The first-order valence-corrected chi connectivity index (χ1v) is 6.18. The predicted molar refractivity (Wildman–Crippen MR) is 68.3 cm³/mol. The van der Waals surface area contributed by atoms with Gasteiger partial charge in [-0.1, -0.05) is 12.1 Å². The summed E-state index contributed by atoms with van der Waals surface area (Å²) >= 11 is 0. The molecule has 1 fully saturated rings. The first kappa shape index (κ1) is 12.4. The van der Waals surface area contributed by atoms with Crippen molar-refractivity contribution in [3.63, 3.8) is 0 Å². The number of ether oxygens (including phenoxy) is 1. The average molecular weight is 235 g/mol. The monoisotopic (exact) mass is 235 g/mol. The van der Waals surface area contributed by atoms with Crippen molar-refractivity contribution >= 4 is 0 Å². The van der Waals surface area contributed by atoms with E-state index in [4.69, 9.17) is 4.74 Å². The third-order valence-electron chi connectivity index (χ3n) is 3.37. The maximum atomic E-state index is 9.57. The van der Waals surface area contributed by atoms with Crippen molar-refractivity contribution in [2.75, 3.05) is 33.9 Å². The van der Waals surface area contributed by atoms with Crippen LogP contribution >= 0.6 is 0 Å². The SMILES string of the molecule is CN(C)C[C@@H]1COCC[C@H]1c1cccc(O)c1. The van der Waals surface area contributed by atoms with Gasteiger partial charge in [0.15, 0.2) is 0 Å². The predicted octanol–water partition coefficient (Wildman–Crippen LogP) is 2.07. The lowest BCUT2D eigenvalue weighted by atomic mass is 9.82. The van der Waals surface area contributed by atoms with Crippen LogP contribution in [0.25, 0.3) is 0 Å². The van der Waals surface area contributed by atoms with Crippen LogP contribution in [0.5, 0.6) is 5.75 Å². The largest absolute Gasteiger partial charge is 0.508 e. The molecule has 0 radical (unpaired) electrons. The fourth-order valence-corrected chi connectivity index (χ4v) is 2.64. The molecule has 1 aromatic rings. The van der Waals surface area contributed by atoms with Crippen LogP contribution in [0.2, 0.25) is 0 Å². The summed E-state index contributed by atoms with van der Waals surface area (Å²) in [7, 11) is 4.18. The molecule has 1 aliphatic rings. The van der Waals surface area contributed by atoms with Gasteiger partial charge < -0.3 is 14.7 Å². The lowest BCUT2D eigenvalue weighted by Crippen LogP contribution is -2.34. The summed E-state index contributed by atoms with van der Waals surface area (Å²) in [5.41, 5.74) is 1.24. The minimum atomic E-state index is 0.359. The summed E-state index contributed by atoms with van der Waals surface area (Å²) in [6.45, 7) is 2.67. The van der Waals surface area contributed by atoms with Crippen molar-refractivity contribution in [3.05, 3.63) is 29.8 Å². The highest BCUT2D eigenvalue weighted by molar-refractivity contribution is 5.30. The van der Waals surface area contributed by atoms with Gasteiger partial charge in [0.1, 0.15) is 5.75 Å². The Bertz CT molecular complexity index is 365. The lowest BCUT2D eigenvalue weighted by Gasteiger charge is -2.33. The van der Waals surface area contributed by atoms with Gasteiger partial charge in [0.2, 0.25) is 0 Å². The van der Waals surface area contributed by atoms with Crippen LogP contribution in [0.4, 0.5) is 0 Å². The Hall–Kier alpha value is -1.06. The third kappa shape index (κ3) is 3.20. The topological polar surface area (TPSA) is 32.7 Å². The summed E-state index contributed by atoms with van der Waals surface area (Å²) < 4.78 is 5.58. The standard InChI is InChI=1S/C14H21NO2/c1-15(2)9-12-10-17-7-6-14(12)11-4-3-5-13(16)8-11/h3-5,8,12,14,16H,6-7,9-10H2,1-2H3/t12-,14+/m1/s1. The van der Waals surface area contributed by atoms with E-state index < -0.39 is 0 Å². The molecule has 0 aliphatic carbocycles. The first-order chi connectivity index (χ1) is 8.16. The van der Waals surface area contributed by atoms with Crippen LogP contribution in [-0.2, 0) is 4.74 Å². The van der Waals surface area contributed by atoms with Crippen LogP contribution in [-0.4, -0.2) is 43.9 Å². The fraction of sp³-hybridized carbons (Fsp3) is 0.571. The Balaban J connectivity index is 2.15. The van der Waals surface area contributed by atoms with Crippen LogP contribution in [0.3, 0.4) is 0 Å². The Kier molecular flexibility index (Phi) is 4.02. The lowest BCUT2D eigenvalue weighted by molar-refractivity contribution is 0.0302. The smallest absolute Gasteiger partial charge is 0.115 e. The zero-order valence-electron chi connectivity index (χ0n) is 10.6. The van der Waals surface area contributed by atoms with Gasteiger partial charge in [0.05, 0.1) is 6.61 Å². The third-order valence-corrected chi connectivity index (χ3v) is 3.37. The van der Waals surface area contributed by atoms with E-state index in [1.807, 2.05) is 12.1 Å². The molecular weight excluding hydrogens is 214 g/mol. The molecule has 1 heterocycles. The molecule has 3 heteroatoms. The van der Waals surface area contributed by atoms with Gasteiger partial charge in [0.25, 0.3) is 0 Å². The molecule has 1 saturated heterocycles. The number of nitrogens with zero attached hydrogens (tertiary/aromatic N) is 1. The fourth-order valence-electron chi connectivity index (χ4n) is 2.64. The molecule has 1 aliphatic heterocycles. The van der Waals surface area contributed by atoms with E-state index in [-0.39, 0.29) is 0 Å². The molecule has 17 heavy (non-hydrogen) atoms. The zero-order valence-corrected chi connectivity index (χ0v) is 10.6. The highest BCUT2D eigenvalue weighted by Crippen LogP contribution is 2.33. The summed E-state index contributed by atoms with van der Waals surface area (Å²) in [6, 6.07) is 7.65. The number of benzene rings is 1. The molecule has 1 N–H and O–H groups in total. The van der Waals surface area contributed by atoms with Crippen molar-refractivity contribution in [2.45, 2.75) is 12.3 Å². The summed E-state index contributed by atoms with van der Waals surface area (Å²) in [6.07, 6.45) is 1.04. The van der Waals surface area contributed by atoms with Crippen molar-refractivity contribution in [1.29, 1.82) is 0 Å². The number of aromatic hydroxyl groups is 1. The molecule has 3 nitrogen and oxygen atoms in total. The average Bonchev–Trinajstić information content (AvgIpc) is 2.29. The van der Waals surface area contributed by atoms with Gasteiger partial charge in [-0.05, 0) is 44.1 Å². The number of phenols is 1. The molecule has 94 valence electrons. The number of hydrogen-bond acceptors (Lipinski definition) is 3. The second-order valence-electron chi connectivity index (χ2n) is 5.09. The van der Waals surface area contributed by atoms with Gasteiger partial charge in [-0.15, -0.1) is 0 Å². The Morgan fingerprint density at radius 3 is 2.94 bits per heavy atom. The van der Waals surface area contributed by atoms with E-state index in [1.54, 1.807) is 6.07 Å². The molecule has 2 rings (SSSR count). The van der Waals surface area contributed by atoms with Crippen molar-refractivity contribution in [1.82, 2.24) is 4.90 Å². The van der Waals surface area contributed by atoms with E-state index in [0.29, 0.717) is 17.6 Å². The van der Waals surface area contributed by atoms with Gasteiger partial charge in [0, 0.05) is 19.1 Å². The summed E-state index contributed by atoms with van der Waals surface area (Å²) in [5, 5.41) is 9.57. The van der Waals surface area contributed by atoms with Crippen LogP contribution in [0.1, 0.15) is 17.9 Å². The normalized spacial score (nSPS) is 25.1. The minimum Gasteiger partial charge on any atom is -0.508 e. The highest BCUT2D eigenvalue weighted by atomic mass is 16.5. The van der Waals surface area contributed by atoms with Gasteiger partial charge >= 0.3 is 0 Å². The molecular formula is C14H21NO2. The van der Waals surface area contributed by atoms with E-state index in [1.165, 1.54) is 5.56 Å². The molecule has 0 amide bonds. The second-order valence-corrected chi connectivity index (χ2v) is 5.09. The number of phenolic OH excluding ortho intramolecular Hbond substituents is 1. The molecule has 0 bridgehead atoms. The maximum absolute atomic E-state index is 9.57. The van der Waals surface area contributed by atoms with Gasteiger partial charge in [-0.2, -0.15) is 0 Å². The van der Waals surface area contributed by atoms with Gasteiger partial charge in [-0.25, -0.2) is 0 Å². The minimum absolute atomic E-state index is 0.359. The second kappa shape index (κ2) is 5.52. The first-order valence-electron chi connectivity index (χ1n) is 6.18. The molecule has 1 aromatic carbocycles. The van der Waals surface area contributed by atoms with E-state index in [2.05, 4.69) is 25.1 Å². The highest BCUT2D eigenvalue weighted by Gasteiger charge is 2.27. The maximum Gasteiger partial charge on any atom is 0.115 e. The summed E-state index contributed by atoms with van der Waals surface area (Å²) in [5.74, 6) is 1.37. The Labute approximate surface area is 103 Å².